The van der Waals surface area contributed by atoms with Gasteiger partial charge in [-0.1, -0.05) is 18.2 Å². The maximum absolute atomic E-state index is 5.24. The van der Waals surface area contributed by atoms with E-state index in [1.165, 1.54) is 5.69 Å². The Balaban J connectivity index is 1.72. The van der Waals surface area contributed by atoms with Crippen LogP contribution < -0.4 is 15.5 Å². The molecule has 1 aromatic heterocycles. The SMILES string of the molecule is CN(CCNC(=S)Nc1cccnc1)c1ccccc1. The first kappa shape index (κ1) is 14.3. The lowest BCUT2D eigenvalue weighted by molar-refractivity contribution is 0.827. The highest BCUT2D eigenvalue weighted by atomic mass is 32.1. The predicted octanol–water partition coefficient (Wildman–Crippen LogP) is 2.50. The molecule has 2 N–H and O–H groups in total. The monoisotopic (exact) mass is 286 g/mol. The molecule has 4 nitrogen and oxygen atoms in total. The third-order valence-corrected chi connectivity index (χ3v) is 3.10. The average Bonchev–Trinajstić information content (AvgIpc) is 2.49. The highest BCUT2D eigenvalue weighted by molar-refractivity contribution is 7.80. The molecule has 0 aliphatic rings. The predicted molar refractivity (Wildman–Crippen MR) is 88.2 cm³/mol. The lowest BCUT2D eigenvalue weighted by atomic mass is 10.3. The maximum atomic E-state index is 5.24. The van der Waals surface area contributed by atoms with E-state index in [0.717, 1.165) is 18.8 Å². The van der Waals surface area contributed by atoms with Gasteiger partial charge in [0.25, 0.3) is 0 Å². The molecule has 104 valence electrons. The van der Waals surface area contributed by atoms with Crippen LogP contribution in [-0.2, 0) is 0 Å². The van der Waals surface area contributed by atoms with Crippen LogP contribution in [0.3, 0.4) is 0 Å². The molecule has 0 amide bonds. The largest absolute Gasteiger partial charge is 0.373 e. The van der Waals surface area contributed by atoms with Crippen LogP contribution in [0, 0.1) is 0 Å². The number of nitrogens with one attached hydrogen (secondary N) is 2. The number of pyridine rings is 1. The normalized spacial score (nSPS) is 9.85. The number of nitrogens with zero attached hydrogens (tertiary/aromatic N) is 2. The van der Waals surface area contributed by atoms with E-state index in [4.69, 9.17) is 12.2 Å². The zero-order chi connectivity index (χ0) is 14.2. The van der Waals surface area contributed by atoms with Gasteiger partial charge in [-0.15, -0.1) is 0 Å². The Labute approximate surface area is 124 Å². The van der Waals surface area contributed by atoms with Crippen LogP contribution in [0.25, 0.3) is 0 Å². The fourth-order valence-corrected chi connectivity index (χ4v) is 1.98. The Hall–Kier alpha value is -2.14. The second kappa shape index (κ2) is 7.45. The summed E-state index contributed by atoms with van der Waals surface area (Å²) in [5, 5.41) is 6.89. The van der Waals surface area contributed by atoms with Gasteiger partial charge in [-0.25, -0.2) is 0 Å². The standard InChI is InChI=1S/C15H18N4S/c1-19(14-7-3-2-4-8-14)11-10-17-15(20)18-13-6-5-9-16-12-13/h2-9,12H,10-11H2,1H3,(H2,17,18,20). The fourth-order valence-electron chi connectivity index (χ4n) is 1.76. The van der Waals surface area contributed by atoms with Crippen LogP contribution >= 0.6 is 12.2 Å². The Morgan fingerprint density at radius 1 is 1.20 bits per heavy atom. The molecule has 2 aromatic rings. The van der Waals surface area contributed by atoms with E-state index < -0.39 is 0 Å². The molecular formula is C15H18N4S. The second-order valence-electron chi connectivity index (χ2n) is 4.38. The van der Waals surface area contributed by atoms with E-state index in [-0.39, 0.29) is 0 Å². The Morgan fingerprint density at radius 3 is 2.70 bits per heavy atom. The summed E-state index contributed by atoms with van der Waals surface area (Å²) in [7, 11) is 2.06. The van der Waals surface area contributed by atoms with Crippen LogP contribution in [0.2, 0.25) is 0 Å². The zero-order valence-electron chi connectivity index (χ0n) is 11.4. The Bertz CT molecular complexity index is 530. The number of benzene rings is 1. The molecule has 0 radical (unpaired) electrons. The summed E-state index contributed by atoms with van der Waals surface area (Å²) in [4.78, 5) is 6.21. The minimum absolute atomic E-state index is 0.611. The van der Waals surface area contributed by atoms with Crippen LogP contribution in [0.5, 0.6) is 0 Å². The lowest BCUT2D eigenvalue weighted by Gasteiger charge is -2.20. The molecule has 0 atom stereocenters. The molecule has 1 aromatic carbocycles. The molecule has 0 fully saturated rings. The number of hydrogen-bond donors (Lipinski definition) is 2. The Kier molecular flexibility index (Phi) is 5.32. The lowest BCUT2D eigenvalue weighted by Crippen LogP contribution is -2.35. The third kappa shape index (κ3) is 4.51. The van der Waals surface area contributed by atoms with Gasteiger partial charge >= 0.3 is 0 Å². The average molecular weight is 286 g/mol. The topological polar surface area (TPSA) is 40.2 Å². The van der Waals surface area contributed by atoms with Crippen molar-refractivity contribution in [2.45, 2.75) is 0 Å². The quantitative estimate of drug-likeness (QED) is 0.827. The van der Waals surface area contributed by atoms with Crippen LogP contribution in [0.4, 0.5) is 11.4 Å². The number of anilines is 2. The first-order chi connectivity index (χ1) is 9.75. The molecule has 0 aliphatic carbocycles. The summed E-state index contributed by atoms with van der Waals surface area (Å²) >= 11 is 5.24. The van der Waals surface area contributed by atoms with Crippen LogP contribution in [0.15, 0.2) is 54.9 Å². The molecule has 2 rings (SSSR count). The summed E-state index contributed by atoms with van der Waals surface area (Å²) in [6, 6.07) is 14.1. The van der Waals surface area contributed by atoms with Crippen molar-refractivity contribution in [2.75, 3.05) is 30.4 Å². The van der Waals surface area contributed by atoms with Gasteiger partial charge in [-0.2, -0.15) is 0 Å². The molecule has 1 heterocycles. The van der Waals surface area contributed by atoms with E-state index in [1.54, 1.807) is 12.4 Å². The summed E-state index contributed by atoms with van der Waals surface area (Å²) in [5.41, 5.74) is 2.09. The van der Waals surface area contributed by atoms with Crippen molar-refractivity contribution in [3.63, 3.8) is 0 Å². The highest BCUT2D eigenvalue weighted by Crippen LogP contribution is 2.09. The second-order valence-corrected chi connectivity index (χ2v) is 4.79. The summed E-state index contributed by atoms with van der Waals surface area (Å²) in [6.45, 7) is 1.65. The van der Waals surface area contributed by atoms with Crippen molar-refractivity contribution in [3.8, 4) is 0 Å². The molecule has 0 unspecified atom stereocenters. The number of hydrogen-bond acceptors (Lipinski definition) is 3. The first-order valence-corrected chi connectivity index (χ1v) is 6.87. The van der Waals surface area contributed by atoms with E-state index in [2.05, 4.69) is 39.7 Å². The molecule has 0 bridgehead atoms. The van der Waals surface area contributed by atoms with Gasteiger partial charge in [0.05, 0.1) is 11.9 Å². The summed E-state index contributed by atoms with van der Waals surface area (Å²) in [6.07, 6.45) is 3.47. The van der Waals surface area contributed by atoms with E-state index >= 15 is 0 Å². The van der Waals surface area contributed by atoms with Crippen LogP contribution in [-0.4, -0.2) is 30.2 Å². The molecule has 0 aliphatic heterocycles. The van der Waals surface area contributed by atoms with Gasteiger partial charge in [0.2, 0.25) is 0 Å². The van der Waals surface area contributed by atoms with E-state index in [1.807, 2.05) is 30.3 Å². The van der Waals surface area contributed by atoms with Crippen molar-refractivity contribution in [2.24, 2.45) is 0 Å². The molecule has 0 spiro atoms. The van der Waals surface area contributed by atoms with Gasteiger partial charge in [-0.05, 0) is 36.5 Å². The molecule has 0 saturated heterocycles. The van der Waals surface area contributed by atoms with Gasteiger partial charge in [-0.3, -0.25) is 4.98 Å². The number of para-hydroxylation sites is 1. The van der Waals surface area contributed by atoms with Gasteiger partial charge in [0.1, 0.15) is 0 Å². The smallest absolute Gasteiger partial charge is 0.170 e. The van der Waals surface area contributed by atoms with Gasteiger partial charge in [0.15, 0.2) is 5.11 Å². The summed E-state index contributed by atoms with van der Waals surface area (Å²) < 4.78 is 0. The maximum Gasteiger partial charge on any atom is 0.170 e. The number of rotatable bonds is 5. The van der Waals surface area contributed by atoms with Crippen molar-refractivity contribution < 1.29 is 0 Å². The number of thiocarbonyl (C=S) groups is 1. The van der Waals surface area contributed by atoms with E-state index in [9.17, 15) is 0 Å². The van der Waals surface area contributed by atoms with Gasteiger partial charge in [0, 0.05) is 32.0 Å². The first-order valence-electron chi connectivity index (χ1n) is 6.47. The third-order valence-electron chi connectivity index (χ3n) is 2.85. The molecule has 20 heavy (non-hydrogen) atoms. The van der Waals surface area contributed by atoms with Crippen molar-refractivity contribution in [1.29, 1.82) is 0 Å². The number of aromatic nitrogens is 1. The van der Waals surface area contributed by atoms with Crippen molar-refractivity contribution in [3.05, 3.63) is 54.9 Å². The number of likely N-dealkylation sites (N-methyl/N-ethyl adjacent to an activating group) is 1. The molecular weight excluding hydrogens is 268 g/mol. The van der Waals surface area contributed by atoms with Crippen molar-refractivity contribution in [1.82, 2.24) is 10.3 Å². The molecule has 5 heteroatoms. The minimum Gasteiger partial charge on any atom is -0.373 e. The van der Waals surface area contributed by atoms with Gasteiger partial charge < -0.3 is 15.5 Å². The van der Waals surface area contributed by atoms with Crippen LogP contribution in [0.1, 0.15) is 0 Å². The fraction of sp³-hybridized carbons (Fsp3) is 0.200. The Morgan fingerprint density at radius 2 is 2.00 bits per heavy atom. The minimum atomic E-state index is 0.611. The zero-order valence-corrected chi connectivity index (χ0v) is 12.2. The summed E-state index contributed by atoms with van der Waals surface area (Å²) in [5.74, 6) is 0. The molecule has 0 saturated carbocycles. The van der Waals surface area contributed by atoms with Crippen molar-refractivity contribution >= 4 is 28.7 Å². The van der Waals surface area contributed by atoms with E-state index in [0.29, 0.717) is 5.11 Å². The highest BCUT2D eigenvalue weighted by Gasteiger charge is 2.00.